The van der Waals surface area contributed by atoms with Gasteiger partial charge in [0.1, 0.15) is 12.4 Å². The SMILES string of the molecule is CCCNCc1cccc(COc2cccc(Br)c2)c1. The normalized spacial score (nSPS) is 10.5. The fourth-order valence-electron chi connectivity index (χ4n) is 1.96. The lowest BCUT2D eigenvalue weighted by Crippen LogP contribution is -2.13. The zero-order valence-corrected chi connectivity index (χ0v) is 13.3. The van der Waals surface area contributed by atoms with Crippen LogP contribution in [0.2, 0.25) is 0 Å². The third kappa shape index (κ3) is 4.99. The van der Waals surface area contributed by atoms with Crippen LogP contribution in [0.15, 0.2) is 53.0 Å². The van der Waals surface area contributed by atoms with E-state index in [2.05, 4.69) is 52.4 Å². The molecule has 0 spiro atoms. The van der Waals surface area contributed by atoms with Gasteiger partial charge in [0, 0.05) is 11.0 Å². The van der Waals surface area contributed by atoms with E-state index >= 15 is 0 Å². The highest BCUT2D eigenvalue weighted by molar-refractivity contribution is 9.10. The summed E-state index contributed by atoms with van der Waals surface area (Å²) in [6.07, 6.45) is 1.16. The summed E-state index contributed by atoms with van der Waals surface area (Å²) in [5.74, 6) is 0.883. The molecule has 0 saturated carbocycles. The van der Waals surface area contributed by atoms with E-state index in [1.807, 2.05) is 24.3 Å². The minimum Gasteiger partial charge on any atom is -0.489 e. The summed E-state index contributed by atoms with van der Waals surface area (Å²) in [4.78, 5) is 0. The smallest absolute Gasteiger partial charge is 0.120 e. The number of rotatable bonds is 7. The maximum absolute atomic E-state index is 5.80. The summed E-state index contributed by atoms with van der Waals surface area (Å²) < 4.78 is 6.84. The van der Waals surface area contributed by atoms with E-state index in [4.69, 9.17) is 4.74 Å². The van der Waals surface area contributed by atoms with E-state index < -0.39 is 0 Å². The molecule has 0 aliphatic heterocycles. The highest BCUT2D eigenvalue weighted by Crippen LogP contribution is 2.19. The van der Waals surface area contributed by atoms with Gasteiger partial charge in [-0.2, -0.15) is 0 Å². The molecule has 2 aromatic rings. The maximum Gasteiger partial charge on any atom is 0.120 e. The number of halogens is 1. The van der Waals surface area contributed by atoms with Crippen LogP contribution in [0.5, 0.6) is 5.75 Å². The Morgan fingerprint density at radius 2 is 1.85 bits per heavy atom. The second-order valence-corrected chi connectivity index (χ2v) is 5.66. The molecule has 2 aromatic carbocycles. The van der Waals surface area contributed by atoms with Gasteiger partial charge in [-0.3, -0.25) is 0 Å². The highest BCUT2D eigenvalue weighted by Gasteiger charge is 1.99. The van der Waals surface area contributed by atoms with Crippen LogP contribution in [0.4, 0.5) is 0 Å². The third-order valence-electron chi connectivity index (χ3n) is 2.95. The first-order valence-corrected chi connectivity index (χ1v) is 7.74. The van der Waals surface area contributed by atoms with Gasteiger partial charge in [-0.25, -0.2) is 0 Å². The topological polar surface area (TPSA) is 21.3 Å². The molecule has 0 aromatic heterocycles. The molecule has 0 heterocycles. The lowest BCUT2D eigenvalue weighted by atomic mass is 10.1. The monoisotopic (exact) mass is 333 g/mol. The zero-order chi connectivity index (χ0) is 14.2. The molecule has 3 heteroatoms. The molecule has 0 amide bonds. The first kappa shape index (κ1) is 15.1. The number of hydrogen-bond donors (Lipinski definition) is 1. The van der Waals surface area contributed by atoms with E-state index in [0.717, 1.165) is 29.7 Å². The fourth-order valence-corrected chi connectivity index (χ4v) is 2.34. The molecular weight excluding hydrogens is 314 g/mol. The van der Waals surface area contributed by atoms with Gasteiger partial charge in [-0.15, -0.1) is 0 Å². The van der Waals surface area contributed by atoms with Crippen LogP contribution in [-0.4, -0.2) is 6.54 Å². The number of ether oxygens (including phenoxy) is 1. The number of nitrogens with one attached hydrogen (secondary N) is 1. The molecule has 1 N–H and O–H groups in total. The van der Waals surface area contributed by atoms with Crippen molar-refractivity contribution >= 4 is 15.9 Å². The van der Waals surface area contributed by atoms with E-state index in [-0.39, 0.29) is 0 Å². The standard InChI is InChI=1S/C17H20BrNO/c1-2-9-19-12-14-5-3-6-15(10-14)13-20-17-8-4-7-16(18)11-17/h3-8,10-11,19H,2,9,12-13H2,1H3. The number of benzene rings is 2. The van der Waals surface area contributed by atoms with Crippen molar-refractivity contribution in [3.63, 3.8) is 0 Å². The van der Waals surface area contributed by atoms with Gasteiger partial charge in [-0.05, 0) is 42.3 Å². The fraction of sp³-hybridized carbons (Fsp3) is 0.294. The Morgan fingerprint density at radius 1 is 1.05 bits per heavy atom. The van der Waals surface area contributed by atoms with Crippen molar-refractivity contribution in [1.82, 2.24) is 5.32 Å². The van der Waals surface area contributed by atoms with Crippen molar-refractivity contribution in [3.8, 4) is 5.75 Å². The lowest BCUT2D eigenvalue weighted by Gasteiger charge is -2.09. The molecule has 0 bridgehead atoms. The summed E-state index contributed by atoms with van der Waals surface area (Å²) in [5.41, 5.74) is 2.49. The van der Waals surface area contributed by atoms with Crippen molar-refractivity contribution in [2.45, 2.75) is 26.5 Å². The molecule has 0 saturated heterocycles. The molecule has 2 nitrogen and oxygen atoms in total. The first-order valence-electron chi connectivity index (χ1n) is 6.95. The van der Waals surface area contributed by atoms with E-state index in [1.54, 1.807) is 0 Å². The molecule has 0 radical (unpaired) electrons. The minimum absolute atomic E-state index is 0.595. The quantitative estimate of drug-likeness (QED) is 0.751. The van der Waals surface area contributed by atoms with Gasteiger partial charge in [0.05, 0.1) is 0 Å². The first-order chi connectivity index (χ1) is 9.78. The number of hydrogen-bond acceptors (Lipinski definition) is 2. The van der Waals surface area contributed by atoms with Gasteiger partial charge >= 0.3 is 0 Å². The predicted molar refractivity (Wildman–Crippen MR) is 86.9 cm³/mol. The van der Waals surface area contributed by atoms with Crippen LogP contribution in [-0.2, 0) is 13.2 Å². The summed E-state index contributed by atoms with van der Waals surface area (Å²) >= 11 is 3.45. The molecule has 0 aliphatic rings. The Labute approximate surface area is 129 Å². The van der Waals surface area contributed by atoms with Crippen LogP contribution < -0.4 is 10.1 Å². The molecule has 0 atom stereocenters. The molecular formula is C17H20BrNO. The van der Waals surface area contributed by atoms with Crippen molar-refractivity contribution in [3.05, 3.63) is 64.1 Å². The van der Waals surface area contributed by atoms with Gasteiger partial charge in [0.25, 0.3) is 0 Å². The second-order valence-electron chi connectivity index (χ2n) is 4.74. The molecule has 0 aliphatic carbocycles. The lowest BCUT2D eigenvalue weighted by molar-refractivity contribution is 0.306. The van der Waals surface area contributed by atoms with Crippen molar-refractivity contribution < 1.29 is 4.74 Å². The predicted octanol–water partition coefficient (Wildman–Crippen LogP) is 4.53. The Balaban J connectivity index is 1.91. The highest BCUT2D eigenvalue weighted by atomic mass is 79.9. The van der Waals surface area contributed by atoms with Crippen LogP contribution >= 0.6 is 15.9 Å². The molecule has 106 valence electrons. The summed E-state index contributed by atoms with van der Waals surface area (Å²) in [7, 11) is 0. The van der Waals surface area contributed by atoms with Crippen LogP contribution in [0.3, 0.4) is 0 Å². The van der Waals surface area contributed by atoms with Gasteiger partial charge in [0.15, 0.2) is 0 Å². The van der Waals surface area contributed by atoms with Gasteiger partial charge < -0.3 is 10.1 Å². The second kappa shape index (κ2) is 8.08. The maximum atomic E-state index is 5.80. The van der Waals surface area contributed by atoms with Crippen LogP contribution in [0.25, 0.3) is 0 Å². The van der Waals surface area contributed by atoms with Crippen molar-refractivity contribution in [2.75, 3.05) is 6.54 Å². The molecule has 20 heavy (non-hydrogen) atoms. The Hall–Kier alpha value is -1.32. The van der Waals surface area contributed by atoms with E-state index in [0.29, 0.717) is 6.61 Å². The summed E-state index contributed by atoms with van der Waals surface area (Å²) in [6, 6.07) is 16.4. The van der Waals surface area contributed by atoms with Gasteiger partial charge in [-0.1, -0.05) is 53.2 Å². The van der Waals surface area contributed by atoms with Crippen LogP contribution in [0, 0.1) is 0 Å². The third-order valence-corrected chi connectivity index (χ3v) is 3.44. The van der Waals surface area contributed by atoms with Crippen LogP contribution in [0.1, 0.15) is 24.5 Å². The molecule has 0 fully saturated rings. The van der Waals surface area contributed by atoms with E-state index in [9.17, 15) is 0 Å². The largest absolute Gasteiger partial charge is 0.489 e. The van der Waals surface area contributed by atoms with Crippen molar-refractivity contribution in [2.24, 2.45) is 0 Å². The van der Waals surface area contributed by atoms with Crippen molar-refractivity contribution in [1.29, 1.82) is 0 Å². The Bertz CT molecular complexity index is 542. The molecule has 2 rings (SSSR count). The average molecular weight is 334 g/mol. The zero-order valence-electron chi connectivity index (χ0n) is 11.7. The molecule has 0 unspecified atom stereocenters. The van der Waals surface area contributed by atoms with E-state index in [1.165, 1.54) is 11.1 Å². The average Bonchev–Trinajstić information content (AvgIpc) is 2.46. The van der Waals surface area contributed by atoms with Gasteiger partial charge in [0.2, 0.25) is 0 Å². The Morgan fingerprint density at radius 3 is 2.65 bits per heavy atom. The summed E-state index contributed by atoms with van der Waals surface area (Å²) in [5, 5.41) is 3.41. The Kier molecular flexibility index (Phi) is 6.09. The minimum atomic E-state index is 0.595. The summed E-state index contributed by atoms with van der Waals surface area (Å²) in [6.45, 7) is 4.74.